The van der Waals surface area contributed by atoms with Crippen LogP contribution in [0, 0.1) is 12.7 Å². The van der Waals surface area contributed by atoms with Crippen LogP contribution in [0.25, 0.3) is 0 Å². The van der Waals surface area contributed by atoms with E-state index >= 15 is 0 Å². The second-order valence-electron chi connectivity index (χ2n) is 4.84. The molecule has 1 aromatic carbocycles. The standard InChI is InChI=1S/C14H13BrFN3O2/c1-8-5-11(10(16)6-9(8)15)19-3-4-21-12-7-17-18(2)13(12)14(19)20/h5-7H,3-4H2,1-2H3. The van der Waals surface area contributed by atoms with Gasteiger partial charge in [-0.2, -0.15) is 5.10 Å². The van der Waals surface area contributed by atoms with Crippen LogP contribution in [-0.2, 0) is 7.05 Å². The van der Waals surface area contributed by atoms with Crippen molar-refractivity contribution in [2.75, 3.05) is 18.1 Å². The highest BCUT2D eigenvalue weighted by Gasteiger charge is 2.29. The van der Waals surface area contributed by atoms with Gasteiger partial charge in [-0.3, -0.25) is 9.48 Å². The largest absolute Gasteiger partial charge is 0.488 e. The summed E-state index contributed by atoms with van der Waals surface area (Å²) in [7, 11) is 1.66. The van der Waals surface area contributed by atoms with E-state index in [1.807, 2.05) is 6.92 Å². The minimum absolute atomic E-state index is 0.248. The van der Waals surface area contributed by atoms with E-state index in [1.165, 1.54) is 21.8 Å². The maximum Gasteiger partial charge on any atom is 0.280 e. The molecule has 0 saturated heterocycles. The number of fused-ring (bicyclic) bond motifs is 1. The van der Waals surface area contributed by atoms with Gasteiger partial charge in [0.1, 0.15) is 12.4 Å². The van der Waals surface area contributed by atoms with Gasteiger partial charge >= 0.3 is 0 Å². The lowest BCUT2D eigenvalue weighted by molar-refractivity contribution is 0.0980. The van der Waals surface area contributed by atoms with Crippen molar-refractivity contribution < 1.29 is 13.9 Å². The number of aromatic nitrogens is 2. The van der Waals surface area contributed by atoms with E-state index in [0.29, 0.717) is 22.5 Å². The molecule has 0 radical (unpaired) electrons. The van der Waals surface area contributed by atoms with Crippen LogP contribution >= 0.6 is 15.9 Å². The highest BCUT2D eigenvalue weighted by atomic mass is 79.9. The third kappa shape index (κ3) is 2.31. The Labute approximate surface area is 129 Å². The summed E-state index contributed by atoms with van der Waals surface area (Å²) < 4.78 is 21.9. The monoisotopic (exact) mass is 353 g/mol. The summed E-state index contributed by atoms with van der Waals surface area (Å²) in [5, 5.41) is 4.02. The van der Waals surface area contributed by atoms with Crippen molar-refractivity contribution in [3.8, 4) is 5.75 Å². The van der Waals surface area contributed by atoms with Gasteiger partial charge in [0.25, 0.3) is 5.91 Å². The average Bonchev–Trinajstić information content (AvgIpc) is 2.71. The predicted molar refractivity (Wildman–Crippen MR) is 79.2 cm³/mol. The fourth-order valence-electron chi connectivity index (χ4n) is 2.32. The second-order valence-corrected chi connectivity index (χ2v) is 5.69. The minimum atomic E-state index is -0.452. The lowest BCUT2D eigenvalue weighted by Crippen LogP contribution is -2.34. The Hall–Kier alpha value is -1.89. The van der Waals surface area contributed by atoms with Gasteiger partial charge in [-0.15, -0.1) is 0 Å². The van der Waals surface area contributed by atoms with Crippen molar-refractivity contribution in [2.45, 2.75) is 6.92 Å². The van der Waals surface area contributed by atoms with Crippen LogP contribution in [-0.4, -0.2) is 28.8 Å². The van der Waals surface area contributed by atoms with Crippen molar-refractivity contribution in [3.63, 3.8) is 0 Å². The molecule has 7 heteroatoms. The second kappa shape index (κ2) is 5.14. The van der Waals surface area contributed by atoms with Gasteiger partial charge in [0.05, 0.1) is 18.4 Å². The number of hydrogen-bond acceptors (Lipinski definition) is 3. The highest BCUT2D eigenvalue weighted by molar-refractivity contribution is 9.10. The summed E-state index contributed by atoms with van der Waals surface area (Å²) in [6, 6.07) is 3.02. The molecule has 0 spiro atoms. The SMILES string of the molecule is Cc1cc(N2CCOc3cnn(C)c3C2=O)c(F)cc1Br. The maximum atomic E-state index is 14.2. The van der Waals surface area contributed by atoms with Crippen molar-refractivity contribution >= 4 is 27.5 Å². The summed E-state index contributed by atoms with van der Waals surface area (Å²) in [5.41, 5.74) is 1.43. The smallest absolute Gasteiger partial charge is 0.280 e. The van der Waals surface area contributed by atoms with E-state index in [9.17, 15) is 9.18 Å². The zero-order chi connectivity index (χ0) is 15.1. The molecule has 5 nitrogen and oxygen atoms in total. The predicted octanol–water partition coefficient (Wildman–Crippen LogP) is 2.67. The van der Waals surface area contributed by atoms with Gasteiger partial charge in [-0.1, -0.05) is 15.9 Å². The number of carbonyl (C=O) groups excluding carboxylic acids is 1. The molecule has 1 amide bonds. The van der Waals surface area contributed by atoms with Gasteiger partial charge in [0, 0.05) is 11.5 Å². The summed E-state index contributed by atoms with van der Waals surface area (Å²) in [4.78, 5) is 14.1. The summed E-state index contributed by atoms with van der Waals surface area (Å²) in [6.45, 7) is 2.42. The first kappa shape index (κ1) is 14.1. The third-order valence-corrected chi connectivity index (χ3v) is 4.30. The fourth-order valence-corrected chi connectivity index (χ4v) is 2.64. The number of ether oxygens (including phenoxy) is 1. The molecule has 0 aliphatic carbocycles. The molecule has 1 aliphatic rings. The number of rotatable bonds is 1. The number of halogens is 2. The molecule has 2 aromatic rings. The molecule has 21 heavy (non-hydrogen) atoms. The quantitative estimate of drug-likeness (QED) is 0.791. The van der Waals surface area contributed by atoms with Crippen LogP contribution in [0.4, 0.5) is 10.1 Å². The van der Waals surface area contributed by atoms with Crippen LogP contribution in [0.1, 0.15) is 16.1 Å². The summed E-state index contributed by atoms with van der Waals surface area (Å²) in [5.74, 6) is -0.339. The van der Waals surface area contributed by atoms with E-state index in [1.54, 1.807) is 13.1 Å². The van der Waals surface area contributed by atoms with Crippen molar-refractivity contribution in [2.24, 2.45) is 7.05 Å². The highest BCUT2D eigenvalue weighted by Crippen LogP contribution is 2.30. The molecule has 0 N–H and O–H groups in total. The number of amides is 1. The number of aryl methyl sites for hydroxylation is 2. The molecule has 0 atom stereocenters. The number of nitrogens with zero attached hydrogens (tertiary/aromatic N) is 3. The van der Waals surface area contributed by atoms with Crippen LogP contribution in [0.2, 0.25) is 0 Å². The lowest BCUT2D eigenvalue weighted by atomic mass is 10.2. The molecule has 0 saturated carbocycles. The topological polar surface area (TPSA) is 47.4 Å². The first-order valence-corrected chi connectivity index (χ1v) is 7.20. The third-order valence-electron chi connectivity index (χ3n) is 3.44. The molecule has 1 aliphatic heterocycles. The Morgan fingerprint density at radius 1 is 1.43 bits per heavy atom. The van der Waals surface area contributed by atoms with E-state index in [2.05, 4.69) is 21.0 Å². The molecule has 1 aromatic heterocycles. The van der Waals surface area contributed by atoms with Crippen LogP contribution in [0.3, 0.4) is 0 Å². The van der Waals surface area contributed by atoms with Crippen molar-refractivity contribution in [3.05, 3.63) is 39.9 Å². The van der Waals surface area contributed by atoms with Crippen LogP contribution in [0.15, 0.2) is 22.8 Å². The van der Waals surface area contributed by atoms with E-state index in [0.717, 1.165) is 5.56 Å². The normalized spacial score (nSPS) is 14.7. The molecular weight excluding hydrogens is 341 g/mol. The number of benzene rings is 1. The van der Waals surface area contributed by atoms with Gasteiger partial charge in [-0.05, 0) is 24.6 Å². The van der Waals surface area contributed by atoms with E-state index in [-0.39, 0.29) is 18.1 Å². The Kier molecular flexibility index (Phi) is 3.44. The molecule has 0 fully saturated rings. The zero-order valence-corrected chi connectivity index (χ0v) is 13.1. The van der Waals surface area contributed by atoms with Crippen LogP contribution in [0.5, 0.6) is 5.75 Å². The molecular formula is C14H13BrFN3O2. The Morgan fingerprint density at radius 3 is 2.95 bits per heavy atom. The number of anilines is 1. The number of hydrogen-bond donors (Lipinski definition) is 0. The molecule has 0 unspecified atom stereocenters. The average molecular weight is 354 g/mol. The zero-order valence-electron chi connectivity index (χ0n) is 11.6. The molecule has 0 bridgehead atoms. The van der Waals surface area contributed by atoms with E-state index < -0.39 is 5.82 Å². The van der Waals surface area contributed by atoms with Crippen molar-refractivity contribution in [1.29, 1.82) is 0 Å². The van der Waals surface area contributed by atoms with Gasteiger partial charge in [0.15, 0.2) is 11.4 Å². The first-order chi connectivity index (χ1) is 9.99. The maximum absolute atomic E-state index is 14.2. The number of carbonyl (C=O) groups is 1. The van der Waals surface area contributed by atoms with Gasteiger partial charge in [-0.25, -0.2) is 4.39 Å². The molecule has 3 rings (SSSR count). The van der Waals surface area contributed by atoms with Crippen molar-refractivity contribution in [1.82, 2.24) is 9.78 Å². The fraction of sp³-hybridized carbons (Fsp3) is 0.286. The van der Waals surface area contributed by atoms with E-state index in [4.69, 9.17) is 4.74 Å². The Morgan fingerprint density at radius 2 is 2.19 bits per heavy atom. The molecule has 110 valence electrons. The van der Waals surface area contributed by atoms with Gasteiger partial charge < -0.3 is 9.64 Å². The Bertz CT molecular complexity index is 729. The van der Waals surface area contributed by atoms with Gasteiger partial charge in [0.2, 0.25) is 0 Å². The minimum Gasteiger partial charge on any atom is -0.488 e. The van der Waals surface area contributed by atoms with Crippen LogP contribution < -0.4 is 9.64 Å². The summed E-state index contributed by atoms with van der Waals surface area (Å²) in [6.07, 6.45) is 1.50. The summed E-state index contributed by atoms with van der Waals surface area (Å²) >= 11 is 3.28. The first-order valence-electron chi connectivity index (χ1n) is 6.41. The molecule has 2 heterocycles. The lowest BCUT2D eigenvalue weighted by Gasteiger charge is -2.21. The Balaban J connectivity index is 2.09.